The van der Waals surface area contributed by atoms with E-state index in [4.69, 9.17) is 0 Å². The maximum absolute atomic E-state index is 11.8. The van der Waals surface area contributed by atoms with Crippen molar-refractivity contribution in [2.24, 2.45) is 5.41 Å². The Morgan fingerprint density at radius 2 is 1.70 bits per heavy atom. The zero-order chi connectivity index (χ0) is 14.9. The summed E-state index contributed by atoms with van der Waals surface area (Å²) in [5, 5.41) is 10.6. The SMILES string of the molecule is COC(=O)C1(C(=O)OC)C[C@@H]1c1ccc([N+](=O)[O-])cc1. The lowest BCUT2D eigenvalue weighted by Gasteiger charge is -2.12. The number of rotatable bonds is 4. The molecular weight excluding hydrogens is 266 g/mol. The van der Waals surface area contributed by atoms with Crippen molar-refractivity contribution in [3.63, 3.8) is 0 Å². The lowest BCUT2D eigenvalue weighted by molar-refractivity contribution is -0.384. The molecule has 1 aromatic rings. The van der Waals surface area contributed by atoms with Crippen molar-refractivity contribution < 1.29 is 24.0 Å². The van der Waals surface area contributed by atoms with E-state index in [0.29, 0.717) is 5.56 Å². The monoisotopic (exact) mass is 279 g/mol. The molecule has 1 fully saturated rings. The highest BCUT2D eigenvalue weighted by atomic mass is 16.6. The molecule has 0 bridgehead atoms. The zero-order valence-electron chi connectivity index (χ0n) is 11.0. The molecule has 106 valence electrons. The highest BCUT2D eigenvalue weighted by Crippen LogP contribution is 2.60. The molecule has 0 aromatic heterocycles. The molecule has 0 heterocycles. The molecule has 0 amide bonds. The van der Waals surface area contributed by atoms with Gasteiger partial charge in [-0.3, -0.25) is 19.7 Å². The van der Waals surface area contributed by atoms with Crippen molar-refractivity contribution in [1.82, 2.24) is 0 Å². The van der Waals surface area contributed by atoms with E-state index < -0.39 is 22.3 Å². The molecule has 1 saturated carbocycles. The van der Waals surface area contributed by atoms with Crippen molar-refractivity contribution in [2.75, 3.05) is 14.2 Å². The lowest BCUT2D eigenvalue weighted by atomic mass is 9.99. The molecule has 1 aliphatic carbocycles. The molecule has 7 heteroatoms. The van der Waals surface area contributed by atoms with Gasteiger partial charge in [0, 0.05) is 18.1 Å². The van der Waals surface area contributed by atoms with Crippen LogP contribution in [0.1, 0.15) is 17.9 Å². The highest BCUT2D eigenvalue weighted by Gasteiger charge is 2.68. The fourth-order valence-corrected chi connectivity index (χ4v) is 2.39. The van der Waals surface area contributed by atoms with Gasteiger partial charge < -0.3 is 9.47 Å². The van der Waals surface area contributed by atoms with Crippen LogP contribution in [0.2, 0.25) is 0 Å². The van der Waals surface area contributed by atoms with Crippen LogP contribution in [0.3, 0.4) is 0 Å². The minimum absolute atomic E-state index is 0.0452. The topological polar surface area (TPSA) is 95.7 Å². The third-order valence-corrected chi connectivity index (χ3v) is 3.57. The first-order valence-electron chi connectivity index (χ1n) is 5.88. The van der Waals surface area contributed by atoms with Crippen LogP contribution in [0.25, 0.3) is 0 Å². The molecule has 0 spiro atoms. The summed E-state index contributed by atoms with van der Waals surface area (Å²) in [5.41, 5.74) is -0.692. The van der Waals surface area contributed by atoms with Crippen LogP contribution in [0.5, 0.6) is 0 Å². The second-order valence-electron chi connectivity index (χ2n) is 4.56. The molecule has 0 radical (unpaired) electrons. The van der Waals surface area contributed by atoms with Gasteiger partial charge in [-0.1, -0.05) is 12.1 Å². The number of methoxy groups -OCH3 is 2. The molecule has 7 nitrogen and oxygen atoms in total. The van der Waals surface area contributed by atoms with Crippen LogP contribution in [-0.4, -0.2) is 31.1 Å². The van der Waals surface area contributed by atoms with Gasteiger partial charge in [-0.2, -0.15) is 0 Å². The molecule has 20 heavy (non-hydrogen) atoms. The molecular formula is C13H13NO6. The number of ether oxygens (including phenoxy) is 2. The average molecular weight is 279 g/mol. The maximum atomic E-state index is 11.8. The molecule has 0 unspecified atom stereocenters. The molecule has 0 saturated heterocycles. The summed E-state index contributed by atoms with van der Waals surface area (Å²) >= 11 is 0. The Kier molecular flexibility index (Phi) is 3.44. The fourth-order valence-electron chi connectivity index (χ4n) is 2.39. The number of hydrogen-bond donors (Lipinski definition) is 0. The van der Waals surface area contributed by atoms with Crippen LogP contribution in [-0.2, 0) is 19.1 Å². The predicted molar refractivity (Wildman–Crippen MR) is 66.9 cm³/mol. The molecule has 1 atom stereocenters. The molecule has 0 N–H and O–H groups in total. The number of non-ortho nitro benzene ring substituents is 1. The number of nitrogens with zero attached hydrogens (tertiary/aromatic N) is 1. The lowest BCUT2D eigenvalue weighted by Crippen LogP contribution is -2.30. The zero-order valence-corrected chi connectivity index (χ0v) is 11.0. The van der Waals surface area contributed by atoms with Crippen molar-refractivity contribution in [2.45, 2.75) is 12.3 Å². The summed E-state index contributed by atoms with van der Waals surface area (Å²) in [6.45, 7) is 0. The largest absolute Gasteiger partial charge is 0.468 e. The van der Waals surface area contributed by atoms with E-state index in [2.05, 4.69) is 9.47 Å². The molecule has 1 aliphatic rings. The third kappa shape index (κ3) is 2.01. The minimum atomic E-state index is -1.32. The van der Waals surface area contributed by atoms with E-state index in [1.807, 2.05) is 0 Å². The summed E-state index contributed by atoms with van der Waals surface area (Å²) < 4.78 is 9.33. The van der Waals surface area contributed by atoms with E-state index >= 15 is 0 Å². The van der Waals surface area contributed by atoms with Crippen LogP contribution in [0.4, 0.5) is 5.69 Å². The summed E-state index contributed by atoms with van der Waals surface area (Å²) in [6.07, 6.45) is 0.282. The normalized spacial score (nSPS) is 19.0. The first-order chi connectivity index (χ1) is 9.47. The van der Waals surface area contributed by atoms with Crippen molar-refractivity contribution in [1.29, 1.82) is 0 Å². The average Bonchev–Trinajstić information content (AvgIpc) is 3.22. The fraction of sp³-hybridized carbons (Fsp3) is 0.385. The van der Waals surface area contributed by atoms with E-state index in [0.717, 1.165) is 0 Å². The standard InChI is InChI=1S/C13H13NO6/c1-19-11(15)13(12(16)20-2)7-10(13)8-3-5-9(6-4-8)14(17)18/h3-6,10H,7H2,1-2H3/t10-/m1/s1. The number of esters is 2. The number of hydrogen-bond acceptors (Lipinski definition) is 6. The van der Waals surface area contributed by atoms with E-state index in [1.54, 1.807) is 0 Å². The Morgan fingerprint density at radius 3 is 2.10 bits per heavy atom. The summed E-state index contributed by atoms with van der Waals surface area (Å²) in [4.78, 5) is 33.7. The summed E-state index contributed by atoms with van der Waals surface area (Å²) in [5.74, 6) is -1.66. The van der Waals surface area contributed by atoms with Crippen LogP contribution < -0.4 is 0 Å². The number of carbonyl (C=O) groups is 2. The van der Waals surface area contributed by atoms with Gasteiger partial charge in [-0.05, 0) is 12.0 Å². The van der Waals surface area contributed by atoms with Gasteiger partial charge in [0.25, 0.3) is 5.69 Å². The van der Waals surface area contributed by atoms with Crippen molar-refractivity contribution in [3.05, 3.63) is 39.9 Å². The van der Waals surface area contributed by atoms with Gasteiger partial charge in [0.05, 0.1) is 19.1 Å². The number of nitro groups is 1. The smallest absolute Gasteiger partial charge is 0.323 e. The number of nitro benzene ring substituents is 1. The Morgan fingerprint density at radius 1 is 1.20 bits per heavy atom. The van der Waals surface area contributed by atoms with E-state index in [1.165, 1.54) is 38.5 Å². The highest BCUT2D eigenvalue weighted by molar-refractivity contribution is 6.05. The van der Waals surface area contributed by atoms with Gasteiger partial charge in [-0.25, -0.2) is 0 Å². The third-order valence-electron chi connectivity index (χ3n) is 3.57. The number of carbonyl (C=O) groups excluding carboxylic acids is 2. The second kappa shape index (κ2) is 4.92. The van der Waals surface area contributed by atoms with Crippen LogP contribution >= 0.6 is 0 Å². The van der Waals surface area contributed by atoms with Gasteiger partial charge in [0.1, 0.15) is 0 Å². The molecule has 1 aromatic carbocycles. The Bertz CT molecular complexity index is 549. The first-order valence-corrected chi connectivity index (χ1v) is 5.88. The van der Waals surface area contributed by atoms with Gasteiger partial charge >= 0.3 is 11.9 Å². The van der Waals surface area contributed by atoms with Gasteiger partial charge in [-0.15, -0.1) is 0 Å². The van der Waals surface area contributed by atoms with Crippen LogP contribution in [0, 0.1) is 15.5 Å². The second-order valence-corrected chi connectivity index (χ2v) is 4.56. The van der Waals surface area contributed by atoms with Crippen molar-refractivity contribution >= 4 is 17.6 Å². The van der Waals surface area contributed by atoms with Crippen LogP contribution in [0.15, 0.2) is 24.3 Å². The quantitative estimate of drug-likeness (QED) is 0.358. The summed E-state index contributed by atoms with van der Waals surface area (Å²) in [6, 6.07) is 5.76. The Hall–Kier alpha value is -2.44. The number of benzene rings is 1. The Balaban J connectivity index is 2.28. The maximum Gasteiger partial charge on any atom is 0.323 e. The van der Waals surface area contributed by atoms with Gasteiger partial charge in [0.15, 0.2) is 5.41 Å². The van der Waals surface area contributed by atoms with Gasteiger partial charge in [0.2, 0.25) is 0 Å². The van der Waals surface area contributed by atoms with Crippen molar-refractivity contribution in [3.8, 4) is 0 Å². The van der Waals surface area contributed by atoms with E-state index in [-0.39, 0.29) is 18.0 Å². The molecule has 0 aliphatic heterocycles. The minimum Gasteiger partial charge on any atom is -0.468 e. The summed E-state index contributed by atoms with van der Waals surface area (Å²) in [7, 11) is 2.41. The van der Waals surface area contributed by atoms with E-state index in [9.17, 15) is 19.7 Å². The Labute approximate surface area is 114 Å². The first kappa shape index (κ1) is 14.0. The predicted octanol–water partition coefficient (Wildman–Crippen LogP) is 1.41. The molecule has 2 rings (SSSR count).